The minimum absolute atomic E-state index is 0.307. The predicted octanol–water partition coefficient (Wildman–Crippen LogP) is 5.70. The Morgan fingerprint density at radius 2 is 1.48 bits per heavy atom. The van der Waals surface area contributed by atoms with E-state index in [0.29, 0.717) is 17.2 Å². The molecule has 2 aliphatic heterocycles. The molecule has 0 bridgehead atoms. The molecule has 3 rings (SSSR count). The van der Waals surface area contributed by atoms with E-state index in [0.717, 1.165) is 60.0 Å². The molecule has 1 fully saturated rings. The Labute approximate surface area is 298 Å². The molecule has 2 heterocycles. The minimum Gasteiger partial charge on any atom is -0.487 e. The number of carbonyl (C=O) groups is 2. The van der Waals surface area contributed by atoms with Gasteiger partial charge in [-0.25, -0.2) is 4.79 Å². The molecule has 0 radical (unpaired) electrons. The molecule has 9 atom stereocenters. The standard InChI is InChI=1S/C39H64O11/c1-22(2)12-9-13-23(3)14-10-15-24(4)16-11-18-39(8)19-17-28-27(7)34(25(5)26(6)35(28)50-39)47-29(37(44)45)20-31(41)49-36-32(42)30(21-40)48-38(46)33(36)43/h22-24,29-30,32-33,36,38,40,42-43,46H,9-21H2,1-8H3,(H,44,45)/t23-,24-,29?,30-,32-,33-,36+,38-,39-/m1/s1. The largest absolute Gasteiger partial charge is 0.487 e. The number of carbonyl (C=O) groups excluding carboxylic acids is 1. The van der Waals surface area contributed by atoms with Crippen molar-refractivity contribution in [3.8, 4) is 11.5 Å². The first-order valence-corrected chi connectivity index (χ1v) is 18.7. The maximum Gasteiger partial charge on any atom is 0.345 e. The summed E-state index contributed by atoms with van der Waals surface area (Å²) in [7, 11) is 0. The average Bonchev–Trinajstić information content (AvgIpc) is 3.04. The molecule has 11 heteroatoms. The maximum atomic E-state index is 12.8. The summed E-state index contributed by atoms with van der Waals surface area (Å²) in [5.41, 5.74) is 2.97. The molecule has 1 aromatic carbocycles. The first-order valence-electron chi connectivity index (χ1n) is 18.7. The van der Waals surface area contributed by atoms with Gasteiger partial charge in [-0.3, -0.25) is 4.79 Å². The second kappa shape index (κ2) is 18.9. The minimum atomic E-state index is -1.82. The van der Waals surface area contributed by atoms with Gasteiger partial charge >= 0.3 is 11.9 Å². The Kier molecular flexibility index (Phi) is 15.8. The fraction of sp³-hybridized carbons (Fsp3) is 0.795. The Balaban J connectivity index is 1.59. The van der Waals surface area contributed by atoms with E-state index >= 15 is 0 Å². The fourth-order valence-corrected chi connectivity index (χ4v) is 7.32. The summed E-state index contributed by atoms with van der Waals surface area (Å²) in [6.07, 6.45) is 2.05. The second-order valence-corrected chi connectivity index (χ2v) is 15.8. The number of carboxylic acids is 1. The van der Waals surface area contributed by atoms with Crippen LogP contribution in [-0.4, -0.2) is 86.5 Å². The normalized spacial score (nSPS) is 26.9. The number of hydrogen-bond acceptors (Lipinski definition) is 10. The van der Waals surface area contributed by atoms with Gasteiger partial charge < -0.3 is 44.5 Å². The number of fused-ring (bicyclic) bond motifs is 1. The van der Waals surface area contributed by atoms with Crippen LogP contribution < -0.4 is 9.47 Å². The van der Waals surface area contributed by atoms with Crippen molar-refractivity contribution in [1.29, 1.82) is 0 Å². The molecule has 11 nitrogen and oxygen atoms in total. The van der Waals surface area contributed by atoms with Crippen molar-refractivity contribution in [3.05, 3.63) is 22.3 Å². The van der Waals surface area contributed by atoms with Crippen molar-refractivity contribution in [1.82, 2.24) is 0 Å². The summed E-state index contributed by atoms with van der Waals surface area (Å²) in [4.78, 5) is 25.1. The quantitative estimate of drug-likeness (QED) is 0.112. The van der Waals surface area contributed by atoms with E-state index in [4.69, 9.17) is 18.9 Å². The molecule has 0 aliphatic carbocycles. The van der Waals surface area contributed by atoms with Gasteiger partial charge in [0, 0.05) is 5.56 Å². The lowest BCUT2D eigenvalue weighted by Gasteiger charge is -2.39. The third-order valence-corrected chi connectivity index (χ3v) is 10.8. The summed E-state index contributed by atoms with van der Waals surface area (Å²) >= 11 is 0. The number of rotatable bonds is 19. The van der Waals surface area contributed by atoms with Crippen LogP contribution in [0, 0.1) is 38.5 Å². The maximum absolute atomic E-state index is 12.8. The van der Waals surface area contributed by atoms with Crippen molar-refractivity contribution >= 4 is 11.9 Å². The first-order chi connectivity index (χ1) is 23.5. The van der Waals surface area contributed by atoms with Crippen molar-refractivity contribution in [2.75, 3.05) is 6.61 Å². The van der Waals surface area contributed by atoms with Crippen molar-refractivity contribution in [2.24, 2.45) is 17.8 Å². The van der Waals surface area contributed by atoms with Crippen LogP contribution in [0.25, 0.3) is 0 Å². The molecular formula is C39H64O11. The van der Waals surface area contributed by atoms with Crippen LogP contribution in [0.1, 0.15) is 128 Å². The van der Waals surface area contributed by atoms with Crippen molar-refractivity contribution in [3.63, 3.8) is 0 Å². The topological polar surface area (TPSA) is 172 Å². The summed E-state index contributed by atoms with van der Waals surface area (Å²) in [5, 5.41) is 49.8. The number of ether oxygens (including phenoxy) is 4. The third-order valence-electron chi connectivity index (χ3n) is 10.8. The lowest BCUT2D eigenvalue weighted by atomic mass is 9.83. The van der Waals surface area contributed by atoms with Crippen molar-refractivity contribution < 1.29 is 54.1 Å². The lowest BCUT2D eigenvalue weighted by molar-refractivity contribution is -0.290. The van der Waals surface area contributed by atoms with E-state index in [1.807, 2.05) is 20.8 Å². The summed E-state index contributed by atoms with van der Waals surface area (Å²) in [5.74, 6) is 0.966. The smallest absolute Gasteiger partial charge is 0.345 e. The number of benzene rings is 1. The van der Waals surface area contributed by atoms with Gasteiger partial charge in [-0.15, -0.1) is 0 Å². The van der Waals surface area contributed by atoms with Gasteiger partial charge in [0.1, 0.15) is 35.4 Å². The molecule has 286 valence electrons. The molecule has 1 saturated heterocycles. The van der Waals surface area contributed by atoms with Crippen LogP contribution in [0.4, 0.5) is 0 Å². The van der Waals surface area contributed by atoms with E-state index in [9.17, 15) is 35.1 Å². The number of esters is 1. The van der Waals surface area contributed by atoms with E-state index in [1.54, 1.807) is 0 Å². The van der Waals surface area contributed by atoms with E-state index in [2.05, 4.69) is 34.6 Å². The zero-order chi connectivity index (χ0) is 37.3. The average molecular weight is 709 g/mol. The van der Waals surface area contributed by atoms with Gasteiger partial charge in [0.05, 0.1) is 13.0 Å². The molecular weight excluding hydrogens is 644 g/mol. The molecule has 0 spiro atoms. The molecule has 1 unspecified atom stereocenters. The molecule has 1 aromatic rings. The first kappa shape index (κ1) is 42.0. The van der Waals surface area contributed by atoms with Crippen LogP contribution in [0.2, 0.25) is 0 Å². The molecule has 0 saturated carbocycles. The van der Waals surface area contributed by atoms with Gasteiger partial charge in [-0.05, 0) is 87.8 Å². The number of carboxylic acid groups (broad SMARTS) is 1. The van der Waals surface area contributed by atoms with Crippen LogP contribution in [-0.2, 0) is 25.5 Å². The van der Waals surface area contributed by atoms with Crippen LogP contribution in [0.5, 0.6) is 11.5 Å². The monoisotopic (exact) mass is 708 g/mol. The van der Waals surface area contributed by atoms with Gasteiger partial charge in [-0.1, -0.05) is 72.6 Å². The highest BCUT2D eigenvalue weighted by atomic mass is 16.7. The number of aliphatic hydroxyl groups is 4. The van der Waals surface area contributed by atoms with Crippen molar-refractivity contribution in [2.45, 2.75) is 175 Å². The van der Waals surface area contributed by atoms with E-state index < -0.39 is 61.8 Å². The number of aliphatic carboxylic acids is 1. The highest BCUT2D eigenvalue weighted by Crippen LogP contribution is 2.45. The summed E-state index contributed by atoms with van der Waals surface area (Å²) in [6.45, 7) is 16.4. The molecule has 50 heavy (non-hydrogen) atoms. The zero-order valence-corrected chi connectivity index (χ0v) is 31.6. The molecule has 0 aromatic heterocycles. The third kappa shape index (κ3) is 11.3. The Morgan fingerprint density at radius 1 is 0.880 bits per heavy atom. The van der Waals surface area contributed by atoms with Gasteiger partial charge in [0.2, 0.25) is 6.10 Å². The van der Waals surface area contributed by atoms with Gasteiger partial charge in [0.15, 0.2) is 12.4 Å². The predicted molar refractivity (Wildman–Crippen MR) is 189 cm³/mol. The highest BCUT2D eigenvalue weighted by molar-refractivity contribution is 5.81. The Hall–Kier alpha value is -2.44. The zero-order valence-electron chi connectivity index (χ0n) is 31.6. The summed E-state index contributed by atoms with van der Waals surface area (Å²) < 4.78 is 22.8. The van der Waals surface area contributed by atoms with Crippen LogP contribution >= 0.6 is 0 Å². The molecule has 5 N–H and O–H groups in total. The highest BCUT2D eigenvalue weighted by Gasteiger charge is 2.46. The molecule has 2 aliphatic rings. The van der Waals surface area contributed by atoms with Crippen LogP contribution in [0.15, 0.2) is 0 Å². The van der Waals surface area contributed by atoms with E-state index in [1.165, 1.54) is 44.9 Å². The second-order valence-electron chi connectivity index (χ2n) is 15.8. The molecule has 0 amide bonds. The van der Waals surface area contributed by atoms with E-state index in [-0.39, 0.29) is 5.60 Å². The number of hydrogen-bond donors (Lipinski definition) is 5. The number of aliphatic hydroxyl groups excluding tert-OH is 4. The Morgan fingerprint density at radius 3 is 2.06 bits per heavy atom. The SMILES string of the molecule is Cc1c(C)c2c(c(C)c1OC(CC(=O)O[C@@H]1[C@@H](O)[C@H](O)O[C@H](CO)[C@H]1O)C(=O)O)CC[C@@](C)(CCC[C@H](C)CCC[C@H](C)CCCC(C)C)O2. The van der Waals surface area contributed by atoms with Gasteiger partial charge in [0.25, 0.3) is 0 Å². The summed E-state index contributed by atoms with van der Waals surface area (Å²) in [6, 6.07) is 0. The Bertz CT molecular complexity index is 1270. The van der Waals surface area contributed by atoms with Gasteiger partial charge in [-0.2, -0.15) is 0 Å². The lowest BCUT2D eigenvalue weighted by Crippen LogP contribution is -2.60. The van der Waals surface area contributed by atoms with Crippen LogP contribution in [0.3, 0.4) is 0 Å². The fourth-order valence-electron chi connectivity index (χ4n) is 7.32.